The predicted octanol–water partition coefficient (Wildman–Crippen LogP) is 0.279. The van der Waals surface area contributed by atoms with Crippen molar-refractivity contribution in [1.82, 2.24) is 0 Å². The van der Waals surface area contributed by atoms with Crippen LogP contribution in [0.25, 0.3) is 0 Å². The van der Waals surface area contributed by atoms with Gasteiger partial charge in [0.2, 0.25) is 0 Å². The second-order valence-electron chi connectivity index (χ2n) is 0.105. The minimum absolute atomic E-state index is 0. The molecule has 3 heteroatoms. The summed E-state index contributed by atoms with van der Waals surface area (Å²) in [5, 5.41) is 6.89. The first kappa shape index (κ1) is 9.04. The molecule has 0 spiro atoms. The third-order valence-electron chi connectivity index (χ3n) is 0. The largest absolute Gasteiger partial charge is 0.483 e. The van der Waals surface area contributed by atoms with E-state index in [-0.39, 0.29) is 23.5 Å². The Balaban J connectivity index is 0. The molecule has 4 heavy (non-hydrogen) atoms. The molecule has 0 bridgehead atoms. The lowest BCUT2D eigenvalue weighted by atomic mass is 11.7. The second kappa shape index (κ2) is 12.4. The zero-order valence-electron chi connectivity index (χ0n) is 1.84. The van der Waals surface area contributed by atoms with E-state index in [9.17, 15) is 0 Å². The lowest BCUT2D eigenvalue weighted by molar-refractivity contribution is -0.122. The van der Waals surface area contributed by atoms with E-state index in [4.69, 9.17) is 9.90 Å². The van der Waals surface area contributed by atoms with Crippen molar-refractivity contribution in [3.63, 3.8) is 0 Å². The maximum Gasteiger partial charge on any atom is 0.290 e. The highest BCUT2D eigenvalue weighted by Gasteiger charge is 1.22. The van der Waals surface area contributed by atoms with Gasteiger partial charge in [0.25, 0.3) is 6.47 Å². The first-order valence-electron chi connectivity index (χ1n) is 0.494. The first-order valence-corrected chi connectivity index (χ1v) is 0.494. The molecule has 0 heterocycles. The molecule has 0 aliphatic carbocycles. The Bertz CT molecular complexity index is 13.5. The third kappa shape index (κ3) is 704. The zero-order valence-corrected chi connectivity index (χ0v) is 3.55. The average Bonchev–Trinajstić information content (AvgIpc) is 0.918. The molecular formula is CH3BrO2. The Kier molecular flexibility index (Phi) is 28.1. The van der Waals surface area contributed by atoms with Crippen LogP contribution in [0.3, 0.4) is 0 Å². The third-order valence-corrected chi connectivity index (χ3v) is 0. The van der Waals surface area contributed by atoms with E-state index in [1.807, 2.05) is 0 Å². The number of rotatable bonds is 0. The normalized spacial score (nSPS) is 3.00. The van der Waals surface area contributed by atoms with Gasteiger partial charge in [-0.1, -0.05) is 0 Å². The van der Waals surface area contributed by atoms with Gasteiger partial charge in [-0.25, -0.2) is 0 Å². The Hall–Kier alpha value is -0.0500. The van der Waals surface area contributed by atoms with Crippen LogP contribution in [0.5, 0.6) is 0 Å². The minimum Gasteiger partial charge on any atom is -0.483 e. The molecule has 0 saturated heterocycles. The van der Waals surface area contributed by atoms with Gasteiger partial charge in [-0.3, -0.25) is 4.79 Å². The van der Waals surface area contributed by atoms with E-state index in [1.54, 1.807) is 0 Å². The topological polar surface area (TPSA) is 37.3 Å². The van der Waals surface area contributed by atoms with Gasteiger partial charge in [-0.05, 0) is 0 Å². The van der Waals surface area contributed by atoms with Crippen molar-refractivity contribution < 1.29 is 9.90 Å². The van der Waals surface area contributed by atoms with E-state index in [0.717, 1.165) is 0 Å². The Morgan fingerprint density at radius 3 is 1.75 bits per heavy atom. The van der Waals surface area contributed by atoms with Crippen LogP contribution in [0.1, 0.15) is 0 Å². The van der Waals surface area contributed by atoms with Crippen molar-refractivity contribution >= 4 is 23.5 Å². The van der Waals surface area contributed by atoms with Gasteiger partial charge < -0.3 is 5.11 Å². The van der Waals surface area contributed by atoms with Crippen LogP contribution in [-0.2, 0) is 4.79 Å². The molecule has 0 aromatic rings. The Labute approximate surface area is 34.2 Å². The van der Waals surface area contributed by atoms with Gasteiger partial charge in [0.05, 0.1) is 0 Å². The molecule has 2 nitrogen and oxygen atoms in total. The highest BCUT2D eigenvalue weighted by atomic mass is 79.9. The van der Waals surface area contributed by atoms with E-state index in [2.05, 4.69) is 0 Å². The second-order valence-corrected chi connectivity index (χ2v) is 0.105. The van der Waals surface area contributed by atoms with Crippen molar-refractivity contribution in [3.05, 3.63) is 0 Å². The molecule has 0 aliphatic rings. The highest BCUT2D eigenvalue weighted by Crippen LogP contribution is 0.966. The Morgan fingerprint density at radius 2 is 1.75 bits per heavy atom. The number of carbonyl (C=O) groups is 1. The first-order chi connectivity index (χ1) is 1.41. The highest BCUT2D eigenvalue weighted by molar-refractivity contribution is 8.93. The maximum absolute atomic E-state index is 8.36. The predicted molar refractivity (Wildman–Crippen MR) is 19.0 cm³/mol. The number of hydrogen-bond donors (Lipinski definition) is 1. The van der Waals surface area contributed by atoms with Crippen molar-refractivity contribution in [2.45, 2.75) is 0 Å². The minimum atomic E-state index is -0.250. The van der Waals surface area contributed by atoms with Gasteiger partial charge in [-0.15, -0.1) is 17.0 Å². The Morgan fingerprint density at radius 1 is 1.75 bits per heavy atom. The molecule has 0 atom stereocenters. The number of halogens is 1. The van der Waals surface area contributed by atoms with Crippen molar-refractivity contribution in [1.29, 1.82) is 0 Å². The van der Waals surface area contributed by atoms with Crippen LogP contribution in [0.15, 0.2) is 0 Å². The fraction of sp³-hybridized carbons (Fsp3) is 0. The van der Waals surface area contributed by atoms with Gasteiger partial charge in [-0.2, -0.15) is 0 Å². The molecule has 1 N–H and O–H groups in total. The molecule has 0 radical (unpaired) electrons. The summed E-state index contributed by atoms with van der Waals surface area (Å²) in [4.78, 5) is 8.36. The molecule has 0 aromatic carbocycles. The summed E-state index contributed by atoms with van der Waals surface area (Å²) < 4.78 is 0. The van der Waals surface area contributed by atoms with Crippen LogP contribution >= 0.6 is 17.0 Å². The van der Waals surface area contributed by atoms with Gasteiger partial charge in [0, 0.05) is 0 Å². The molecule has 0 fully saturated rings. The lowest BCUT2D eigenvalue weighted by Gasteiger charge is -1.34. The maximum atomic E-state index is 8.36. The van der Waals surface area contributed by atoms with Crippen LogP contribution < -0.4 is 0 Å². The van der Waals surface area contributed by atoms with Gasteiger partial charge >= 0.3 is 0 Å². The summed E-state index contributed by atoms with van der Waals surface area (Å²) >= 11 is 0. The van der Waals surface area contributed by atoms with Crippen molar-refractivity contribution in [3.8, 4) is 0 Å². The summed E-state index contributed by atoms with van der Waals surface area (Å²) in [6.07, 6.45) is 0. The molecule has 0 aliphatic heterocycles. The summed E-state index contributed by atoms with van der Waals surface area (Å²) in [5.74, 6) is 0. The van der Waals surface area contributed by atoms with Crippen LogP contribution in [0.2, 0.25) is 0 Å². The summed E-state index contributed by atoms with van der Waals surface area (Å²) in [7, 11) is 0. The smallest absolute Gasteiger partial charge is 0.290 e. The van der Waals surface area contributed by atoms with E-state index in [1.165, 1.54) is 0 Å². The van der Waals surface area contributed by atoms with Crippen LogP contribution in [0, 0.1) is 0 Å². The quantitative estimate of drug-likeness (QED) is 0.474. The van der Waals surface area contributed by atoms with E-state index < -0.39 is 0 Å². The van der Waals surface area contributed by atoms with Gasteiger partial charge in [0.1, 0.15) is 0 Å². The number of hydrogen-bond acceptors (Lipinski definition) is 1. The van der Waals surface area contributed by atoms with Gasteiger partial charge in [0.15, 0.2) is 0 Å². The fourth-order valence-corrected chi connectivity index (χ4v) is 0. The number of carboxylic acid groups (broad SMARTS) is 1. The summed E-state index contributed by atoms with van der Waals surface area (Å²) in [5.41, 5.74) is 0. The molecular weight excluding hydrogens is 124 g/mol. The molecule has 0 aromatic heterocycles. The molecule has 26 valence electrons. The fourth-order valence-electron chi connectivity index (χ4n) is 0. The van der Waals surface area contributed by atoms with Crippen LogP contribution in [0.4, 0.5) is 0 Å². The summed E-state index contributed by atoms with van der Waals surface area (Å²) in [6, 6.07) is 0. The average molecular weight is 127 g/mol. The standard InChI is InChI=1S/CH2O2.BrH/c2-1-3;/h1H,(H,2,3);1H. The van der Waals surface area contributed by atoms with Crippen molar-refractivity contribution in [2.24, 2.45) is 0 Å². The molecule has 0 rings (SSSR count). The zero-order chi connectivity index (χ0) is 2.71. The van der Waals surface area contributed by atoms with Crippen molar-refractivity contribution in [2.75, 3.05) is 0 Å². The monoisotopic (exact) mass is 126 g/mol. The molecule has 0 amide bonds. The van der Waals surface area contributed by atoms with Crippen LogP contribution in [-0.4, -0.2) is 11.6 Å². The SMILES string of the molecule is Br.O=CO. The molecule has 0 unspecified atom stereocenters. The molecule has 0 saturated carbocycles. The van der Waals surface area contributed by atoms with E-state index in [0.29, 0.717) is 0 Å². The van der Waals surface area contributed by atoms with E-state index >= 15 is 0 Å². The summed E-state index contributed by atoms with van der Waals surface area (Å²) in [6.45, 7) is -0.250. The lowest BCUT2D eigenvalue weighted by Crippen LogP contribution is -1.49.